The normalized spacial score (nSPS) is 18.7. The lowest BCUT2D eigenvalue weighted by Crippen LogP contribution is -2.20. The minimum atomic E-state index is -0.321. The molecular weight excluding hydrogens is 173 g/mol. The highest BCUT2D eigenvalue weighted by molar-refractivity contribution is 6.03. The Morgan fingerprint density at radius 2 is 2.23 bits per heavy atom. The van der Waals surface area contributed by atoms with Crippen molar-refractivity contribution in [1.29, 1.82) is 0 Å². The fourth-order valence-electron chi connectivity index (χ4n) is 1.39. The number of hydrogen-bond acceptors (Lipinski definition) is 3. The van der Waals surface area contributed by atoms with Crippen molar-refractivity contribution in [3.8, 4) is 0 Å². The quantitative estimate of drug-likeness (QED) is 0.487. The predicted molar refractivity (Wildman–Crippen MR) is 44.4 cm³/mol. The van der Waals surface area contributed by atoms with Gasteiger partial charge >= 0.3 is 0 Å². The highest BCUT2D eigenvalue weighted by atomic mass is 19.1. The van der Waals surface area contributed by atoms with Crippen molar-refractivity contribution in [2.24, 2.45) is 5.16 Å². The van der Waals surface area contributed by atoms with E-state index in [-0.39, 0.29) is 19.0 Å². The Balaban J connectivity index is 2.58. The Morgan fingerprint density at radius 3 is 3.00 bits per heavy atom. The first kappa shape index (κ1) is 8.19. The van der Waals surface area contributed by atoms with Crippen LogP contribution in [0, 0.1) is 5.82 Å². The van der Waals surface area contributed by atoms with E-state index in [4.69, 9.17) is 9.94 Å². The van der Waals surface area contributed by atoms with Gasteiger partial charge in [0, 0.05) is 11.1 Å². The molecule has 2 rings (SSSR count). The first-order valence-electron chi connectivity index (χ1n) is 3.89. The largest absolute Gasteiger partial charge is 0.411 e. The molecule has 0 aromatic heterocycles. The second kappa shape index (κ2) is 3.14. The van der Waals surface area contributed by atoms with Gasteiger partial charge in [-0.3, -0.25) is 0 Å². The molecule has 0 spiro atoms. The van der Waals surface area contributed by atoms with Crippen molar-refractivity contribution in [2.45, 2.75) is 6.61 Å². The molecule has 1 aromatic rings. The molecule has 3 nitrogen and oxygen atoms in total. The van der Waals surface area contributed by atoms with Crippen LogP contribution in [0.15, 0.2) is 23.4 Å². The maximum absolute atomic E-state index is 13.2. The van der Waals surface area contributed by atoms with Crippen LogP contribution in [0.4, 0.5) is 4.39 Å². The molecule has 0 radical (unpaired) electrons. The minimum Gasteiger partial charge on any atom is -0.411 e. The lowest BCUT2D eigenvalue weighted by atomic mass is 10.0. The Bertz CT molecular complexity index is 363. The van der Waals surface area contributed by atoms with Crippen LogP contribution in [0.1, 0.15) is 11.1 Å². The lowest BCUT2D eigenvalue weighted by Gasteiger charge is -2.17. The third-order valence-corrected chi connectivity index (χ3v) is 2.04. The second-order valence-electron chi connectivity index (χ2n) is 2.81. The van der Waals surface area contributed by atoms with Crippen LogP contribution in [0.5, 0.6) is 0 Å². The SMILES string of the molecule is O/N=C1\COCc2c(F)cccc21. The van der Waals surface area contributed by atoms with Gasteiger partial charge in [0.15, 0.2) is 0 Å². The summed E-state index contributed by atoms with van der Waals surface area (Å²) < 4.78 is 18.2. The van der Waals surface area contributed by atoms with E-state index in [1.54, 1.807) is 12.1 Å². The third kappa shape index (κ3) is 1.29. The Hall–Kier alpha value is -1.42. The summed E-state index contributed by atoms with van der Waals surface area (Å²) in [7, 11) is 0. The number of rotatable bonds is 0. The summed E-state index contributed by atoms with van der Waals surface area (Å²) in [5, 5.41) is 11.7. The summed E-state index contributed by atoms with van der Waals surface area (Å²) in [5.74, 6) is -0.321. The first-order chi connectivity index (χ1) is 6.33. The van der Waals surface area contributed by atoms with E-state index in [0.717, 1.165) is 0 Å². The molecule has 0 atom stereocenters. The Kier molecular flexibility index (Phi) is 1.98. The Labute approximate surface area is 74.4 Å². The van der Waals surface area contributed by atoms with Gasteiger partial charge in [-0.15, -0.1) is 0 Å². The molecule has 0 saturated carbocycles. The molecule has 1 heterocycles. The highest BCUT2D eigenvalue weighted by Crippen LogP contribution is 2.19. The minimum absolute atomic E-state index is 0.229. The number of ether oxygens (including phenoxy) is 1. The summed E-state index contributed by atoms with van der Waals surface area (Å²) in [6, 6.07) is 4.67. The lowest BCUT2D eigenvalue weighted by molar-refractivity contribution is 0.145. The van der Waals surface area contributed by atoms with Gasteiger partial charge in [0.05, 0.1) is 13.2 Å². The van der Waals surface area contributed by atoms with Gasteiger partial charge in [-0.25, -0.2) is 4.39 Å². The van der Waals surface area contributed by atoms with Gasteiger partial charge in [0.1, 0.15) is 11.5 Å². The highest BCUT2D eigenvalue weighted by Gasteiger charge is 2.18. The molecule has 1 aliphatic rings. The molecular formula is C9H8FNO2. The van der Waals surface area contributed by atoms with Gasteiger partial charge in [0.2, 0.25) is 0 Å². The first-order valence-corrected chi connectivity index (χ1v) is 3.89. The molecule has 0 saturated heterocycles. The van der Waals surface area contributed by atoms with Crippen LogP contribution in [0.3, 0.4) is 0 Å². The zero-order chi connectivity index (χ0) is 9.26. The second-order valence-corrected chi connectivity index (χ2v) is 2.81. The average molecular weight is 181 g/mol. The summed E-state index contributed by atoms with van der Waals surface area (Å²) in [5.41, 5.74) is 1.47. The summed E-state index contributed by atoms with van der Waals surface area (Å²) in [6.07, 6.45) is 0. The fourth-order valence-corrected chi connectivity index (χ4v) is 1.39. The van der Waals surface area contributed by atoms with Gasteiger partial charge in [-0.1, -0.05) is 17.3 Å². The number of halogens is 1. The van der Waals surface area contributed by atoms with Crippen molar-refractivity contribution in [3.05, 3.63) is 35.1 Å². The summed E-state index contributed by atoms with van der Waals surface area (Å²) >= 11 is 0. The maximum atomic E-state index is 13.2. The molecule has 0 unspecified atom stereocenters. The smallest absolute Gasteiger partial charge is 0.129 e. The monoisotopic (exact) mass is 181 g/mol. The number of hydrogen-bond donors (Lipinski definition) is 1. The van der Waals surface area contributed by atoms with E-state index < -0.39 is 0 Å². The summed E-state index contributed by atoms with van der Waals surface area (Å²) in [6.45, 7) is 0.466. The van der Waals surface area contributed by atoms with Crippen LogP contribution < -0.4 is 0 Å². The van der Waals surface area contributed by atoms with Gasteiger partial charge in [0.25, 0.3) is 0 Å². The molecule has 0 fully saturated rings. The molecule has 0 aliphatic carbocycles. The van der Waals surface area contributed by atoms with Crippen LogP contribution in [-0.4, -0.2) is 17.5 Å². The number of oxime groups is 1. The molecule has 1 aromatic carbocycles. The van der Waals surface area contributed by atoms with Crippen molar-refractivity contribution in [3.63, 3.8) is 0 Å². The van der Waals surface area contributed by atoms with Crippen LogP contribution in [0.25, 0.3) is 0 Å². The van der Waals surface area contributed by atoms with Crippen molar-refractivity contribution >= 4 is 5.71 Å². The number of nitrogens with zero attached hydrogens (tertiary/aromatic N) is 1. The average Bonchev–Trinajstić information content (AvgIpc) is 2.18. The molecule has 0 bridgehead atoms. The van der Waals surface area contributed by atoms with E-state index in [2.05, 4.69) is 5.16 Å². The third-order valence-electron chi connectivity index (χ3n) is 2.04. The Morgan fingerprint density at radius 1 is 1.38 bits per heavy atom. The molecule has 1 aliphatic heterocycles. The standard InChI is InChI=1S/C9H8FNO2/c10-8-3-1-2-6-7(8)4-13-5-9(6)11-12/h1-3,12H,4-5H2/b11-9+. The molecule has 0 amide bonds. The van der Waals surface area contributed by atoms with Crippen molar-refractivity contribution < 1.29 is 14.3 Å². The van der Waals surface area contributed by atoms with Crippen molar-refractivity contribution in [2.75, 3.05) is 6.61 Å². The predicted octanol–water partition coefficient (Wildman–Crippen LogP) is 1.53. The zero-order valence-corrected chi connectivity index (χ0v) is 6.83. The molecule has 4 heteroatoms. The van der Waals surface area contributed by atoms with Crippen LogP contribution >= 0.6 is 0 Å². The fraction of sp³-hybridized carbons (Fsp3) is 0.222. The van der Waals surface area contributed by atoms with Crippen molar-refractivity contribution in [1.82, 2.24) is 0 Å². The van der Waals surface area contributed by atoms with Crippen LogP contribution in [-0.2, 0) is 11.3 Å². The number of benzene rings is 1. The number of fused-ring (bicyclic) bond motifs is 1. The molecule has 1 N–H and O–H groups in total. The van der Waals surface area contributed by atoms with Gasteiger partial charge in [-0.05, 0) is 6.07 Å². The molecule has 68 valence electrons. The van der Waals surface area contributed by atoms with E-state index in [1.807, 2.05) is 0 Å². The summed E-state index contributed by atoms with van der Waals surface area (Å²) in [4.78, 5) is 0. The maximum Gasteiger partial charge on any atom is 0.129 e. The van der Waals surface area contributed by atoms with E-state index in [1.165, 1.54) is 6.07 Å². The van der Waals surface area contributed by atoms with E-state index in [9.17, 15) is 4.39 Å². The topological polar surface area (TPSA) is 41.8 Å². The van der Waals surface area contributed by atoms with E-state index >= 15 is 0 Å². The van der Waals surface area contributed by atoms with E-state index in [0.29, 0.717) is 16.8 Å². The van der Waals surface area contributed by atoms with Crippen LogP contribution in [0.2, 0.25) is 0 Å². The van der Waals surface area contributed by atoms with Gasteiger partial charge < -0.3 is 9.94 Å². The zero-order valence-electron chi connectivity index (χ0n) is 6.83. The van der Waals surface area contributed by atoms with Gasteiger partial charge in [-0.2, -0.15) is 0 Å². The molecule has 13 heavy (non-hydrogen) atoms.